The number of Topliss-reactive ketones (excluding diaryl/α,β-unsaturated/α-hetero) is 1. The summed E-state index contributed by atoms with van der Waals surface area (Å²) < 4.78 is 0. The monoisotopic (exact) mass is 266 g/mol. The van der Waals surface area contributed by atoms with E-state index in [4.69, 9.17) is 0 Å². The molecule has 1 heteroatoms. The topological polar surface area (TPSA) is 17.1 Å². The molecule has 4 aliphatic carbocycles. The van der Waals surface area contributed by atoms with Crippen LogP contribution < -0.4 is 0 Å². The van der Waals surface area contributed by atoms with E-state index in [0.29, 0.717) is 17.6 Å². The maximum absolute atomic E-state index is 13.0. The first kappa shape index (κ1) is 11.5. The van der Waals surface area contributed by atoms with E-state index in [-0.39, 0.29) is 0 Å². The zero-order valence-corrected chi connectivity index (χ0v) is 11.9. The van der Waals surface area contributed by atoms with Crippen molar-refractivity contribution in [2.24, 2.45) is 29.6 Å². The number of fused-ring (bicyclic) bond motifs is 5. The lowest BCUT2D eigenvalue weighted by molar-refractivity contribution is 0.0942. The minimum Gasteiger partial charge on any atom is -0.294 e. The highest BCUT2D eigenvalue weighted by atomic mass is 16.1. The van der Waals surface area contributed by atoms with Gasteiger partial charge in [0.15, 0.2) is 5.78 Å². The van der Waals surface area contributed by atoms with Crippen molar-refractivity contribution in [2.45, 2.75) is 44.4 Å². The summed E-state index contributed by atoms with van der Waals surface area (Å²) in [5.74, 6) is 4.92. The van der Waals surface area contributed by atoms with Gasteiger partial charge in [-0.15, -0.1) is 0 Å². The van der Waals surface area contributed by atoms with Crippen LogP contribution in [0.2, 0.25) is 0 Å². The standard InChI is InChI=1S/C19H22O/c20-19(18-16-12-8-9-13(10-12)17(16)18)15-7-2-1-6-14(15)11-4-3-5-11/h1-2,6-7,11-13,16-18H,3-5,8-10H2. The number of carbonyl (C=O) groups is 1. The van der Waals surface area contributed by atoms with Gasteiger partial charge in [-0.3, -0.25) is 4.79 Å². The molecule has 4 fully saturated rings. The van der Waals surface area contributed by atoms with E-state index < -0.39 is 0 Å². The molecule has 0 radical (unpaired) electrons. The Balaban J connectivity index is 1.45. The summed E-state index contributed by atoms with van der Waals surface area (Å²) in [4.78, 5) is 13.0. The molecule has 4 aliphatic rings. The fourth-order valence-corrected chi connectivity index (χ4v) is 5.65. The third kappa shape index (κ3) is 1.42. The third-order valence-electron chi connectivity index (χ3n) is 6.81. The second kappa shape index (κ2) is 3.96. The van der Waals surface area contributed by atoms with Crippen molar-refractivity contribution < 1.29 is 4.79 Å². The summed E-state index contributed by atoms with van der Waals surface area (Å²) >= 11 is 0. The average Bonchev–Trinajstić information content (AvgIpc) is 2.84. The summed E-state index contributed by atoms with van der Waals surface area (Å²) in [7, 11) is 0. The van der Waals surface area contributed by atoms with Crippen LogP contribution in [0, 0.1) is 29.6 Å². The fraction of sp³-hybridized carbons (Fsp3) is 0.632. The molecule has 0 aliphatic heterocycles. The molecule has 5 rings (SSSR count). The van der Waals surface area contributed by atoms with Crippen molar-refractivity contribution >= 4 is 5.78 Å². The van der Waals surface area contributed by atoms with Gasteiger partial charge in [-0.25, -0.2) is 0 Å². The van der Waals surface area contributed by atoms with Crippen molar-refractivity contribution in [3.63, 3.8) is 0 Å². The molecule has 104 valence electrons. The van der Waals surface area contributed by atoms with Gasteiger partial charge in [-0.05, 0) is 67.3 Å². The minimum absolute atomic E-state index is 0.405. The highest BCUT2D eigenvalue weighted by Gasteiger charge is 2.67. The summed E-state index contributed by atoms with van der Waals surface area (Å²) in [5.41, 5.74) is 2.44. The Hall–Kier alpha value is -1.11. The van der Waals surface area contributed by atoms with E-state index in [1.54, 1.807) is 0 Å². The lowest BCUT2D eigenvalue weighted by Gasteiger charge is -2.27. The number of hydrogen-bond acceptors (Lipinski definition) is 1. The van der Waals surface area contributed by atoms with Gasteiger partial charge in [0, 0.05) is 11.5 Å². The van der Waals surface area contributed by atoms with Gasteiger partial charge >= 0.3 is 0 Å². The van der Waals surface area contributed by atoms with E-state index in [1.165, 1.54) is 44.1 Å². The van der Waals surface area contributed by atoms with Crippen LogP contribution in [0.1, 0.15) is 60.4 Å². The van der Waals surface area contributed by atoms with Crippen LogP contribution in [-0.4, -0.2) is 5.78 Å². The predicted octanol–water partition coefficient (Wildman–Crippen LogP) is 4.43. The zero-order chi connectivity index (χ0) is 13.3. The second-order valence-corrected chi connectivity index (χ2v) is 7.59. The first-order chi connectivity index (χ1) is 9.84. The van der Waals surface area contributed by atoms with Crippen molar-refractivity contribution in [3.05, 3.63) is 35.4 Å². The molecular formula is C19H22O. The Morgan fingerprint density at radius 2 is 1.65 bits per heavy atom. The summed E-state index contributed by atoms with van der Waals surface area (Å²) in [6.45, 7) is 0. The van der Waals surface area contributed by atoms with Crippen LogP contribution in [0.5, 0.6) is 0 Å². The molecule has 0 N–H and O–H groups in total. The van der Waals surface area contributed by atoms with Crippen molar-refractivity contribution in [3.8, 4) is 0 Å². The highest BCUT2D eigenvalue weighted by Crippen LogP contribution is 2.70. The molecule has 20 heavy (non-hydrogen) atoms. The first-order valence-corrected chi connectivity index (χ1v) is 8.47. The molecule has 1 nitrogen and oxygen atoms in total. The number of benzene rings is 1. The summed E-state index contributed by atoms with van der Waals surface area (Å²) in [5, 5.41) is 0. The van der Waals surface area contributed by atoms with Crippen LogP contribution in [0.3, 0.4) is 0 Å². The normalized spacial score (nSPS) is 41.3. The number of carbonyl (C=O) groups excluding carboxylic acids is 1. The molecule has 4 atom stereocenters. The van der Waals surface area contributed by atoms with Gasteiger partial charge in [0.2, 0.25) is 0 Å². The van der Waals surface area contributed by atoms with E-state index in [2.05, 4.69) is 24.3 Å². The summed E-state index contributed by atoms with van der Waals surface area (Å²) in [6.07, 6.45) is 8.15. The first-order valence-electron chi connectivity index (χ1n) is 8.47. The maximum atomic E-state index is 13.0. The molecule has 0 saturated heterocycles. The molecule has 2 bridgehead atoms. The second-order valence-electron chi connectivity index (χ2n) is 7.59. The number of rotatable bonds is 3. The SMILES string of the molecule is O=C(c1ccccc1C1CCC1)C1C2C3CCC(C3)C12. The number of ketones is 1. The van der Waals surface area contributed by atoms with Gasteiger partial charge in [-0.1, -0.05) is 30.7 Å². The van der Waals surface area contributed by atoms with Crippen LogP contribution in [0.4, 0.5) is 0 Å². The summed E-state index contributed by atoms with van der Waals surface area (Å²) in [6, 6.07) is 8.49. The van der Waals surface area contributed by atoms with Gasteiger partial charge in [0.1, 0.15) is 0 Å². The van der Waals surface area contributed by atoms with Crippen LogP contribution in [0.25, 0.3) is 0 Å². The van der Waals surface area contributed by atoms with Crippen molar-refractivity contribution in [1.82, 2.24) is 0 Å². The van der Waals surface area contributed by atoms with Crippen LogP contribution in [-0.2, 0) is 0 Å². The molecule has 4 unspecified atom stereocenters. The minimum atomic E-state index is 0.405. The molecule has 0 amide bonds. The quantitative estimate of drug-likeness (QED) is 0.740. The smallest absolute Gasteiger partial charge is 0.166 e. The van der Waals surface area contributed by atoms with Gasteiger partial charge < -0.3 is 0 Å². The van der Waals surface area contributed by atoms with Crippen molar-refractivity contribution in [1.29, 1.82) is 0 Å². The van der Waals surface area contributed by atoms with E-state index >= 15 is 0 Å². The Kier molecular flexibility index (Phi) is 2.29. The Morgan fingerprint density at radius 1 is 0.950 bits per heavy atom. The van der Waals surface area contributed by atoms with Gasteiger partial charge in [0.05, 0.1) is 0 Å². The fourth-order valence-electron chi connectivity index (χ4n) is 5.65. The van der Waals surface area contributed by atoms with E-state index in [0.717, 1.165) is 29.2 Å². The average molecular weight is 266 g/mol. The van der Waals surface area contributed by atoms with Crippen molar-refractivity contribution in [2.75, 3.05) is 0 Å². The molecule has 0 aromatic heterocycles. The molecule has 1 aromatic carbocycles. The lowest BCUT2D eigenvalue weighted by atomic mass is 9.77. The van der Waals surface area contributed by atoms with Crippen LogP contribution >= 0.6 is 0 Å². The molecule has 0 heterocycles. The number of hydrogen-bond donors (Lipinski definition) is 0. The molecular weight excluding hydrogens is 244 g/mol. The zero-order valence-electron chi connectivity index (χ0n) is 11.9. The van der Waals surface area contributed by atoms with Gasteiger partial charge in [0.25, 0.3) is 0 Å². The molecule has 1 aromatic rings. The lowest BCUT2D eigenvalue weighted by Crippen LogP contribution is -2.17. The Labute approximate surface area is 120 Å². The largest absolute Gasteiger partial charge is 0.294 e. The molecule has 4 saturated carbocycles. The van der Waals surface area contributed by atoms with E-state index in [1.807, 2.05) is 0 Å². The maximum Gasteiger partial charge on any atom is 0.166 e. The Bertz CT molecular complexity index is 555. The Morgan fingerprint density at radius 3 is 2.30 bits per heavy atom. The molecule has 0 spiro atoms. The van der Waals surface area contributed by atoms with Crippen LogP contribution in [0.15, 0.2) is 24.3 Å². The third-order valence-corrected chi connectivity index (χ3v) is 6.81. The predicted molar refractivity (Wildman–Crippen MR) is 78.7 cm³/mol. The van der Waals surface area contributed by atoms with Gasteiger partial charge in [-0.2, -0.15) is 0 Å². The highest BCUT2D eigenvalue weighted by molar-refractivity contribution is 6.01. The van der Waals surface area contributed by atoms with E-state index in [9.17, 15) is 4.79 Å².